The summed E-state index contributed by atoms with van der Waals surface area (Å²) in [6.07, 6.45) is 1.67. The summed E-state index contributed by atoms with van der Waals surface area (Å²) in [7, 11) is 0. The summed E-state index contributed by atoms with van der Waals surface area (Å²) < 4.78 is 0. The predicted molar refractivity (Wildman–Crippen MR) is 110 cm³/mol. The summed E-state index contributed by atoms with van der Waals surface area (Å²) in [4.78, 5) is 29.9. The number of anilines is 1. The Bertz CT molecular complexity index is 988. The smallest absolute Gasteiger partial charge is 0.293 e. The third-order valence-electron chi connectivity index (χ3n) is 4.18. The molecule has 2 heterocycles. The Morgan fingerprint density at radius 2 is 2.07 bits per heavy atom. The molecule has 3 aromatic rings. The molecule has 0 aliphatic heterocycles. The van der Waals surface area contributed by atoms with E-state index in [1.165, 1.54) is 6.07 Å². The number of carbonyl (C=O) groups excluding carboxylic acids is 1. The molecule has 1 amide bonds. The Balaban J connectivity index is 1.74. The number of aryl methyl sites for hydroxylation is 1. The number of carbonyl (C=O) groups is 1. The van der Waals surface area contributed by atoms with Crippen LogP contribution in [0.1, 0.15) is 38.8 Å². The molecule has 144 valence electrons. The van der Waals surface area contributed by atoms with E-state index in [0.29, 0.717) is 12.2 Å². The molecule has 1 atom stereocenters. The zero-order valence-electron chi connectivity index (χ0n) is 15.5. The Hall–Kier alpha value is -3.26. The van der Waals surface area contributed by atoms with Crippen LogP contribution in [0.3, 0.4) is 0 Å². The first-order valence-electron chi connectivity index (χ1n) is 8.73. The second kappa shape index (κ2) is 8.62. The third-order valence-corrected chi connectivity index (χ3v) is 5.18. The van der Waals surface area contributed by atoms with Crippen molar-refractivity contribution >= 4 is 28.6 Å². The summed E-state index contributed by atoms with van der Waals surface area (Å²) in [6.45, 7) is 4.26. The van der Waals surface area contributed by atoms with Crippen LogP contribution >= 0.6 is 11.3 Å². The largest absolute Gasteiger partial charge is 0.371 e. The lowest BCUT2D eigenvalue weighted by molar-refractivity contribution is -0.384. The van der Waals surface area contributed by atoms with Gasteiger partial charge in [0, 0.05) is 27.6 Å². The van der Waals surface area contributed by atoms with E-state index in [1.54, 1.807) is 29.7 Å². The van der Waals surface area contributed by atoms with E-state index in [2.05, 4.69) is 15.6 Å². The number of nitro groups is 1. The third kappa shape index (κ3) is 4.72. The number of rotatable bonds is 7. The van der Waals surface area contributed by atoms with Crippen molar-refractivity contribution in [3.8, 4) is 0 Å². The molecule has 8 heteroatoms. The lowest BCUT2D eigenvalue weighted by Crippen LogP contribution is -2.22. The van der Waals surface area contributed by atoms with Gasteiger partial charge in [0.2, 0.25) is 0 Å². The van der Waals surface area contributed by atoms with E-state index in [9.17, 15) is 14.9 Å². The van der Waals surface area contributed by atoms with Gasteiger partial charge in [0.1, 0.15) is 5.69 Å². The van der Waals surface area contributed by atoms with Gasteiger partial charge in [0.05, 0.1) is 23.2 Å². The molecule has 2 N–H and O–H groups in total. The molecule has 0 bridgehead atoms. The van der Waals surface area contributed by atoms with E-state index >= 15 is 0 Å². The fraction of sp³-hybridized carbons (Fsp3) is 0.200. The molecule has 0 spiro atoms. The number of hydrogen-bond donors (Lipinski definition) is 2. The second-order valence-electron chi connectivity index (χ2n) is 6.30. The zero-order valence-corrected chi connectivity index (χ0v) is 16.3. The average molecular weight is 396 g/mol. The average Bonchev–Trinajstić information content (AvgIpc) is 3.12. The van der Waals surface area contributed by atoms with Crippen LogP contribution in [0.2, 0.25) is 0 Å². The fourth-order valence-corrected chi connectivity index (χ4v) is 3.56. The number of pyridine rings is 1. The van der Waals surface area contributed by atoms with E-state index < -0.39 is 4.92 Å². The monoisotopic (exact) mass is 396 g/mol. The lowest BCUT2D eigenvalue weighted by atomic mass is 10.1. The maximum atomic E-state index is 12.4. The molecule has 28 heavy (non-hydrogen) atoms. The highest BCUT2D eigenvalue weighted by Gasteiger charge is 2.19. The minimum Gasteiger partial charge on any atom is -0.371 e. The van der Waals surface area contributed by atoms with Gasteiger partial charge in [-0.2, -0.15) is 0 Å². The Morgan fingerprint density at radius 3 is 2.71 bits per heavy atom. The Morgan fingerprint density at radius 1 is 1.25 bits per heavy atom. The van der Waals surface area contributed by atoms with E-state index in [0.717, 1.165) is 15.4 Å². The molecule has 0 fully saturated rings. The Kier molecular flexibility index (Phi) is 6.00. The normalized spacial score (nSPS) is 11.6. The highest BCUT2D eigenvalue weighted by atomic mass is 32.1. The maximum Gasteiger partial charge on any atom is 0.293 e. The molecular weight excluding hydrogens is 376 g/mol. The van der Waals surface area contributed by atoms with Gasteiger partial charge in [0.15, 0.2) is 0 Å². The lowest BCUT2D eigenvalue weighted by Gasteiger charge is -2.15. The summed E-state index contributed by atoms with van der Waals surface area (Å²) >= 11 is 1.60. The number of hydrogen-bond acceptors (Lipinski definition) is 6. The van der Waals surface area contributed by atoms with Crippen molar-refractivity contribution in [1.82, 2.24) is 10.3 Å². The molecule has 3 rings (SSSR count). The highest BCUT2D eigenvalue weighted by molar-refractivity contribution is 7.11. The first-order chi connectivity index (χ1) is 13.4. The van der Waals surface area contributed by atoms with E-state index in [1.807, 2.05) is 44.2 Å². The van der Waals surface area contributed by atoms with Crippen LogP contribution in [0.25, 0.3) is 0 Å². The van der Waals surface area contributed by atoms with Crippen molar-refractivity contribution in [1.29, 1.82) is 0 Å². The molecule has 0 aliphatic carbocycles. The van der Waals surface area contributed by atoms with Crippen molar-refractivity contribution in [3.63, 3.8) is 0 Å². The summed E-state index contributed by atoms with van der Waals surface area (Å²) in [6, 6.07) is 13.7. The second-order valence-corrected chi connectivity index (χ2v) is 7.68. The first kappa shape index (κ1) is 19.5. The number of nitrogens with one attached hydrogen (secondary N) is 2. The molecule has 0 radical (unpaired) electrons. The quantitative estimate of drug-likeness (QED) is 0.454. The fourth-order valence-electron chi connectivity index (χ4n) is 2.73. The number of thiophene rings is 1. The minimum absolute atomic E-state index is 0.151. The molecular formula is C20H20N4O3S. The molecule has 0 saturated carbocycles. The first-order valence-corrected chi connectivity index (χ1v) is 9.55. The number of aromatic nitrogens is 1. The van der Waals surface area contributed by atoms with Gasteiger partial charge in [-0.15, -0.1) is 11.3 Å². The standard InChI is InChI=1S/C20H20N4O3S/c1-13-6-8-16(28-13)12-22-20(25)15-7-9-18(19(11-15)24(26)27)23-14(2)17-5-3-4-10-21-17/h3-11,14,23H,12H2,1-2H3,(H,22,25). The van der Waals surface area contributed by atoms with Gasteiger partial charge in [0.25, 0.3) is 11.6 Å². The van der Waals surface area contributed by atoms with Crippen LogP contribution < -0.4 is 10.6 Å². The van der Waals surface area contributed by atoms with Gasteiger partial charge in [-0.25, -0.2) is 0 Å². The van der Waals surface area contributed by atoms with Crippen LogP contribution in [0, 0.1) is 17.0 Å². The van der Waals surface area contributed by atoms with E-state index in [-0.39, 0.29) is 23.2 Å². The van der Waals surface area contributed by atoms with Gasteiger partial charge < -0.3 is 10.6 Å². The van der Waals surface area contributed by atoms with Crippen LogP contribution in [-0.2, 0) is 6.54 Å². The SMILES string of the molecule is Cc1ccc(CNC(=O)c2ccc(NC(C)c3ccccn3)c([N+](=O)[O-])c2)s1. The van der Waals surface area contributed by atoms with Crippen LogP contribution in [0.4, 0.5) is 11.4 Å². The maximum absolute atomic E-state index is 12.4. The van der Waals surface area contributed by atoms with Crippen LogP contribution in [0.15, 0.2) is 54.7 Å². The molecule has 1 aromatic carbocycles. The molecule has 1 unspecified atom stereocenters. The predicted octanol–water partition coefficient (Wildman–Crippen LogP) is 4.46. The number of nitro benzene ring substituents is 1. The minimum atomic E-state index is -0.493. The summed E-state index contributed by atoms with van der Waals surface area (Å²) in [5, 5.41) is 17.4. The van der Waals surface area contributed by atoms with Gasteiger partial charge in [-0.3, -0.25) is 19.9 Å². The van der Waals surface area contributed by atoms with Crippen molar-refractivity contribution in [3.05, 3.63) is 85.9 Å². The summed E-state index contributed by atoms with van der Waals surface area (Å²) in [5.74, 6) is -0.349. The van der Waals surface area contributed by atoms with Crippen LogP contribution in [-0.4, -0.2) is 15.8 Å². The summed E-state index contributed by atoms with van der Waals surface area (Å²) in [5.41, 5.74) is 1.21. The number of benzene rings is 1. The molecule has 0 saturated heterocycles. The molecule has 2 aromatic heterocycles. The zero-order chi connectivity index (χ0) is 20.1. The van der Waals surface area contributed by atoms with Gasteiger partial charge >= 0.3 is 0 Å². The van der Waals surface area contributed by atoms with Crippen LogP contribution in [0.5, 0.6) is 0 Å². The number of nitrogens with zero attached hydrogens (tertiary/aromatic N) is 2. The van der Waals surface area contributed by atoms with Gasteiger partial charge in [-0.1, -0.05) is 6.07 Å². The van der Waals surface area contributed by atoms with Crippen molar-refractivity contribution in [2.75, 3.05) is 5.32 Å². The van der Waals surface area contributed by atoms with E-state index in [4.69, 9.17) is 0 Å². The van der Waals surface area contributed by atoms with Crippen molar-refractivity contribution in [2.45, 2.75) is 26.4 Å². The molecule has 7 nitrogen and oxygen atoms in total. The topological polar surface area (TPSA) is 97.2 Å². The Labute approximate surface area is 166 Å². The van der Waals surface area contributed by atoms with Crippen molar-refractivity contribution in [2.24, 2.45) is 0 Å². The highest BCUT2D eigenvalue weighted by Crippen LogP contribution is 2.29. The molecule has 0 aliphatic rings. The van der Waals surface area contributed by atoms with Crippen molar-refractivity contribution < 1.29 is 9.72 Å². The number of amides is 1. The van der Waals surface area contributed by atoms with Gasteiger partial charge in [-0.05, 0) is 50.2 Å².